The van der Waals surface area contributed by atoms with Gasteiger partial charge in [0.2, 0.25) is 0 Å². The van der Waals surface area contributed by atoms with Crippen molar-refractivity contribution in [1.82, 2.24) is 10.2 Å². The average Bonchev–Trinajstić information content (AvgIpc) is 2.20. The van der Waals surface area contributed by atoms with Crippen LogP contribution < -0.4 is 0 Å². The third kappa shape index (κ3) is 1.75. The zero-order valence-corrected chi connectivity index (χ0v) is 8.40. The summed E-state index contributed by atoms with van der Waals surface area (Å²) in [5.74, 6) is 0. The second kappa shape index (κ2) is 3.66. The molecule has 0 atom stereocenters. The summed E-state index contributed by atoms with van der Waals surface area (Å²) in [5, 5.41) is 7.86. The minimum absolute atomic E-state index is 0.884. The molecular formula is C10H7BrN2. The largest absolute Gasteiger partial charge is 0.159 e. The van der Waals surface area contributed by atoms with E-state index in [1.165, 1.54) is 0 Å². The maximum Gasteiger partial charge on any atom is 0.0940 e. The van der Waals surface area contributed by atoms with E-state index in [1.54, 1.807) is 6.20 Å². The van der Waals surface area contributed by atoms with E-state index in [4.69, 9.17) is 0 Å². The molecule has 0 N–H and O–H groups in total. The number of rotatable bonds is 1. The summed E-state index contributed by atoms with van der Waals surface area (Å²) in [6, 6.07) is 11.8. The molecule has 13 heavy (non-hydrogen) atoms. The third-order valence-electron chi connectivity index (χ3n) is 1.72. The van der Waals surface area contributed by atoms with E-state index in [1.807, 2.05) is 36.4 Å². The molecule has 3 heteroatoms. The Balaban J connectivity index is 2.54. The second-order valence-corrected chi connectivity index (χ2v) is 3.44. The summed E-state index contributed by atoms with van der Waals surface area (Å²) in [6.45, 7) is 0. The van der Waals surface area contributed by atoms with Crippen molar-refractivity contribution in [1.29, 1.82) is 0 Å². The molecule has 0 radical (unpaired) electrons. The second-order valence-electron chi connectivity index (χ2n) is 2.59. The van der Waals surface area contributed by atoms with E-state index in [-0.39, 0.29) is 0 Å². The number of hydrogen-bond acceptors (Lipinski definition) is 2. The van der Waals surface area contributed by atoms with Gasteiger partial charge in [0, 0.05) is 16.2 Å². The monoisotopic (exact) mass is 234 g/mol. The van der Waals surface area contributed by atoms with Gasteiger partial charge in [-0.25, -0.2) is 0 Å². The lowest BCUT2D eigenvalue weighted by atomic mass is 10.1. The van der Waals surface area contributed by atoms with Gasteiger partial charge in [-0.2, -0.15) is 10.2 Å². The summed E-state index contributed by atoms with van der Waals surface area (Å²) in [6.07, 6.45) is 1.67. The molecule has 1 aromatic carbocycles. The van der Waals surface area contributed by atoms with E-state index < -0.39 is 0 Å². The van der Waals surface area contributed by atoms with Crippen molar-refractivity contribution in [2.24, 2.45) is 0 Å². The molecule has 0 aliphatic carbocycles. The fraction of sp³-hybridized carbons (Fsp3) is 0. The Morgan fingerprint density at radius 2 is 1.85 bits per heavy atom. The molecule has 64 valence electrons. The quantitative estimate of drug-likeness (QED) is 0.759. The highest BCUT2D eigenvalue weighted by Gasteiger charge is 2.01. The molecule has 0 unspecified atom stereocenters. The molecule has 0 aliphatic rings. The van der Waals surface area contributed by atoms with Crippen molar-refractivity contribution in [2.45, 2.75) is 0 Å². The van der Waals surface area contributed by atoms with Gasteiger partial charge in [-0.1, -0.05) is 34.1 Å². The summed E-state index contributed by atoms with van der Waals surface area (Å²) < 4.78 is 1.04. The van der Waals surface area contributed by atoms with Gasteiger partial charge >= 0.3 is 0 Å². The Kier molecular flexibility index (Phi) is 2.36. The van der Waals surface area contributed by atoms with E-state index in [0.717, 1.165) is 15.7 Å². The minimum Gasteiger partial charge on any atom is -0.159 e. The van der Waals surface area contributed by atoms with Gasteiger partial charge in [0.1, 0.15) is 0 Å². The number of aromatic nitrogens is 2. The maximum absolute atomic E-state index is 4.03. The summed E-state index contributed by atoms with van der Waals surface area (Å²) in [4.78, 5) is 0. The first-order valence-electron chi connectivity index (χ1n) is 3.90. The minimum atomic E-state index is 0.884. The van der Waals surface area contributed by atoms with Crippen molar-refractivity contribution >= 4 is 15.9 Å². The van der Waals surface area contributed by atoms with Crippen LogP contribution in [0.1, 0.15) is 0 Å². The predicted molar refractivity (Wildman–Crippen MR) is 55.2 cm³/mol. The van der Waals surface area contributed by atoms with Crippen LogP contribution in [0.4, 0.5) is 0 Å². The zero-order chi connectivity index (χ0) is 9.10. The van der Waals surface area contributed by atoms with Crippen molar-refractivity contribution in [3.05, 3.63) is 47.1 Å². The lowest BCUT2D eigenvalue weighted by molar-refractivity contribution is 1.04. The number of nitrogens with zero attached hydrogens (tertiary/aromatic N) is 2. The Hall–Kier alpha value is -1.22. The van der Waals surface area contributed by atoms with Crippen LogP contribution >= 0.6 is 15.9 Å². The maximum atomic E-state index is 4.03. The molecule has 0 aliphatic heterocycles. The van der Waals surface area contributed by atoms with Gasteiger partial charge < -0.3 is 0 Å². The molecular weight excluding hydrogens is 228 g/mol. The van der Waals surface area contributed by atoms with Crippen molar-refractivity contribution in [3.63, 3.8) is 0 Å². The predicted octanol–water partition coefficient (Wildman–Crippen LogP) is 2.91. The molecule has 0 fully saturated rings. The van der Waals surface area contributed by atoms with Gasteiger partial charge in [0.15, 0.2) is 0 Å². The highest BCUT2D eigenvalue weighted by Crippen LogP contribution is 2.25. The highest BCUT2D eigenvalue weighted by atomic mass is 79.9. The molecule has 2 rings (SSSR count). The zero-order valence-electron chi connectivity index (χ0n) is 6.81. The van der Waals surface area contributed by atoms with Crippen molar-refractivity contribution in [3.8, 4) is 11.3 Å². The van der Waals surface area contributed by atoms with E-state index in [9.17, 15) is 0 Å². The lowest BCUT2D eigenvalue weighted by Crippen LogP contribution is -1.85. The first-order valence-corrected chi connectivity index (χ1v) is 4.70. The highest BCUT2D eigenvalue weighted by molar-refractivity contribution is 9.10. The standard InChI is InChI=1S/C10H7BrN2/c11-9-5-2-1-4-8(9)10-6-3-7-12-13-10/h1-7H. The van der Waals surface area contributed by atoms with Crippen LogP contribution in [0.15, 0.2) is 47.1 Å². The molecule has 2 nitrogen and oxygen atoms in total. The SMILES string of the molecule is Brc1ccccc1-c1cccnn1. The Morgan fingerprint density at radius 3 is 2.54 bits per heavy atom. The number of halogens is 1. The average molecular weight is 235 g/mol. The Morgan fingerprint density at radius 1 is 1.00 bits per heavy atom. The Bertz CT molecular complexity index is 401. The van der Waals surface area contributed by atoms with Gasteiger partial charge in [0.25, 0.3) is 0 Å². The van der Waals surface area contributed by atoms with Crippen LogP contribution in [0, 0.1) is 0 Å². The van der Waals surface area contributed by atoms with Crippen molar-refractivity contribution < 1.29 is 0 Å². The fourth-order valence-electron chi connectivity index (χ4n) is 1.11. The number of benzene rings is 1. The first kappa shape index (κ1) is 8.38. The van der Waals surface area contributed by atoms with Gasteiger partial charge in [-0.3, -0.25) is 0 Å². The molecule has 0 spiro atoms. The summed E-state index contributed by atoms with van der Waals surface area (Å²) in [7, 11) is 0. The molecule has 0 saturated carbocycles. The summed E-state index contributed by atoms with van der Waals surface area (Å²) >= 11 is 3.47. The molecule has 0 saturated heterocycles. The smallest absolute Gasteiger partial charge is 0.0940 e. The van der Waals surface area contributed by atoms with Crippen LogP contribution in [0.2, 0.25) is 0 Å². The molecule has 1 heterocycles. The normalized spacial score (nSPS) is 9.92. The number of hydrogen-bond donors (Lipinski definition) is 0. The van der Waals surface area contributed by atoms with Crippen molar-refractivity contribution in [2.75, 3.05) is 0 Å². The topological polar surface area (TPSA) is 25.8 Å². The van der Waals surface area contributed by atoms with E-state index in [2.05, 4.69) is 26.1 Å². The third-order valence-corrected chi connectivity index (χ3v) is 2.41. The van der Waals surface area contributed by atoms with Crippen LogP contribution in [0.25, 0.3) is 11.3 Å². The molecule has 0 amide bonds. The van der Waals surface area contributed by atoms with Crippen LogP contribution in [-0.2, 0) is 0 Å². The molecule has 1 aromatic heterocycles. The van der Waals surface area contributed by atoms with E-state index in [0.29, 0.717) is 0 Å². The first-order chi connectivity index (χ1) is 6.38. The van der Waals surface area contributed by atoms with Gasteiger partial charge in [0.05, 0.1) is 5.69 Å². The Labute approximate surface area is 84.8 Å². The fourth-order valence-corrected chi connectivity index (χ4v) is 1.60. The lowest BCUT2D eigenvalue weighted by Gasteiger charge is -2.00. The van der Waals surface area contributed by atoms with E-state index >= 15 is 0 Å². The molecule has 0 bridgehead atoms. The van der Waals surface area contributed by atoms with Crippen LogP contribution in [0.3, 0.4) is 0 Å². The van der Waals surface area contributed by atoms with Gasteiger partial charge in [-0.05, 0) is 18.2 Å². The summed E-state index contributed by atoms with van der Waals surface area (Å²) in [5.41, 5.74) is 1.95. The van der Waals surface area contributed by atoms with Gasteiger partial charge in [-0.15, -0.1) is 0 Å². The van der Waals surface area contributed by atoms with Crippen LogP contribution in [0.5, 0.6) is 0 Å². The van der Waals surface area contributed by atoms with Crippen LogP contribution in [-0.4, -0.2) is 10.2 Å². The molecule has 2 aromatic rings.